The first-order chi connectivity index (χ1) is 10.1. The second kappa shape index (κ2) is 5.30. The van der Waals surface area contributed by atoms with Crippen molar-refractivity contribution in [2.45, 2.75) is 13.3 Å². The zero-order valence-electron chi connectivity index (χ0n) is 11.5. The van der Waals surface area contributed by atoms with Crippen molar-refractivity contribution in [1.29, 1.82) is 0 Å². The predicted molar refractivity (Wildman–Crippen MR) is 83.1 cm³/mol. The molecule has 0 fully saturated rings. The Bertz CT molecular complexity index is 788. The molecule has 0 saturated carbocycles. The van der Waals surface area contributed by atoms with Crippen molar-refractivity contribution >= 4 is 23.2 Å². The molecule has 0 unspecified atom stereocenters. The summed E-state index contributed by atoms with van der Waals surface area (Å²) in [5.74, 6) is -0.194. The SMILES string of the molecule is Cc1ccc(CC2=CC(=O)c3ccccc3C2=O)cc1Cl. The Morgan fingerprint density at radius 2 is 1.71 bits per heavy atom. The Labute approximate surface area is 128 Å². The first-order valence-electron chi connectivity index (χ1n) is 6.70. The summed E-state index contributed by atoms with van der Waals surface area (Å²) < 4.78 is 0. The summed E-state index contributed by atoms with van der Waals surface area (Å²) >= 11 is 6.11. The fraction of sp³-hybridized carbons (Fsp3) is 0.111. The number of halogens is 1. The summed E-state index contributed by atoms with van der Waals surface area (Å²) in [6.07, 6.45) is 1.86. The predicted octanol–water partition coefficient (Wildman–Crippen LogP) is 4.20. The van der Waals surface area contributed by atoms with Crippen molar-refractivity contribution in [2.24, 2.45) is 0 Å². The normalized spacial score (nSPS) is 13.9. The highest BCUT2D eigenvalue weighted by Gasteiger charge is 2.24. The zero-order chi connectivity index (χ0) is 15.0. The van der Waals surface area contributed by atoms with Crippen LogP contribution in [0.25, 0.3) is 0 Å². The molecule has 2 aromatic rings. The van der Waals surface area contributed by atoms with E-state index in [1.165, 1.54) is 6.08 Å². The third kappa shape index (κ3) is 2.55. The maximum atomic E-state index is 12.5. The lowest BCUT2D eigenvalue weighted by Gasteiger charge is -2.15. The number of aryl methyl sites for hydroxylation is 1. The van der Waals surface area contributed by atoms with Gasteiger partial charge >= 0.3 is 0 Å². The molecule has 1 aliphatic rings. The van der Waals surface area contributed by atoms with Gasteiger partial charge in [-0.05, 0) is 30.2 Å². The molecule has 0 N–H and O–H groups in total. The quantitative estimate of drug-likeness (QED) is 0.832. The number of hydrogen-bond acceptors (Lipinski definition) is 2. The van der Waals surface area contributed by atoms with Crippen molar-refractivity contribution in [3.8, 4) is 0 Å². The van der Waals surface area contributed by atoms with Crippen LogP contribution in [0.15, 0.2) is 54.1 Å². The molecule has 0 aliphatic heterocycles. The van der Waals surface area contributed by atoms with Crippen molar-refractivity contribution in [2.75, 3.05) is 0 Å². The molecule has 1 aliphatic carbocycles. The van der Waals surface area contributed by atoms with E-state index in [0.717, 1.165) is 11.1 Å². The van der Waals surface area contributed by atoms with Crippen LogP contribution in [-0.4, -0.2) is 11.6 Å². The van der Waals surface area contributed by atoms with E-state index in [-0.39, 0.29) is 11.6 Å². The van der Waals surface area contributed by atoms with Crippen molar-refractivity contribution in [1.82, 2.24) is 0 Å². The van der Waals surface area contributed by atoms with Crippen LogP contribution in [0.3, 0.4) is 0 Å². The van der Waals surface area contributed by atoms with E-state index in [1.807, 2.05) is 25.1 Å². The van der Waals surface area contributed by atoms with Crippen LogP contribution >= 0.6 is 11.6 Å². The topological polar surface area (TPSA) is 34.1 Å². The molecule has 0 radical (unpaired) electrons. The minimum atomic E-state index is -0.113. The number of carbonyl (C=O) groups is 2. The van der Waals surface area contributed by atoms with E-state index >= 15 is 0 Å². The van der Waals surface area contributed by atoms with Gasteiger partial charge in [0.1, 0.15) is 0 Å². The monoisotopic (exact) mass is 296 g/mol. The molecule has 21 heavy (non-hydrogen) atoms. The fourth-order valence-electron chi connectivity index (χ4n) is 2.47. The number of allylic oxidation sites excluding steroid dienone is 2. The first-order valence-corrected chi connectivity index (χ1v) is 7.08. The van der Waals surface area contributed by atoms with Gasteiger partial charge in [0, 0.05) is 28.1 Å². The second-order valence-electron chi connectivity index (χ2n) is 5.17. The molecule has 3 rings (SSSR count). The number of fused-ring (bicyclic) bond motifs is 1. The number of Topliss-reactive ketones (excluding diaryl/α,β-unsaturated/α-hetero) is 1. The average molecular weight is 297 g/mol. The standard InChI is InChI=1S/C18H13ClO2/c1-11-6-7-12(9-16(11)19)8-13-10-17(20)14-4-2-3-5-15(14)18(13)21/h2-7,9-10H,8H2,1H3. The average Bonchev–Trinajstić information content (AvgIpc) is 2.48. The summed E-state index contributed by atoms with van der Waals surface area (Å²) in [6, 6.07) is 12.6. The molecule has 2 nitrogen and oxygen atoms in total. The third-order valence-corrected chi connectivity index (χ3v) is 4.07. The van der Waals surface area contributed by atoms with Gasteiger partial charge in [-0.3, -0.25) is 9.59 Å². The highest BCUT2D eigenvalue weighted by atomic mass is 35.5. The second-order valence-corrected chi connectivity index (χ2v) is 5.58. The lowest BCUT2D eigenvalue weighted by molar-refractivity contribution is 0.0982. The number of benzene rings is 2. The molecule has 3 heteroatoms. The molecular formula is C18H13ClO2. The van der Waals surface area contributed by atoms with Gasteiger partial charge in [0.2, 0.25) is 0 Å². The molecule has 2 aromatic carbocycles. The lowest BCUT2D eigenvalue weighted by atomic mass is 9.87. The van der Waals surface area contributed by atoms with Gasteiger partial charge in [0.25, 0.3) is 0 Å². The van der Waals surface area contributed by atoms with Gasteiger partial charge in [0.15, 0.2) is 11.6 Å². The fourth-order valence-corrected chi connectivity index (χ4v) is 2.67. The maximum Gasteiger partial charge on any atom is 0.190 e. The van der Waals surface area contributed by atoms with E-state index in [4.69, 9.17) is 11.6 Å². The number of rotatable bonds is 2. The van der Waals surface area contributed by atoms with Crippen LogP contribution < -0.4 is 0 Å². The third-order valence-electron chi connectivity index (χ3n) is 3.66. The number of ketones is 2. The van der Waals surface area contributed by atoms with Gasteiger partial charge < -0.3 is 0 Å². The highest BCUT2D eigenvalue weighted by molar-refractivity contribution is 6.31. The Morgan fingerprint density at radius 1 is 1.00 bits per heavy atom. The van der Waals surface area contributed by atoms with Crippen LogP contribution in [0.4, 0.5) is 0 Å². The Hall–Kier alpha value is -2.19. The van der Waals surface area contributed by atoms with Gasteiger partial charge in [0.05, 0.1) is 0 Å². The molecule has 0 heterocycles. The minimum absolute atomic E-state index is 0.0816. The van der Waals surface area contributed by atoms with Gasteiger partial charge in [-0.2, -0.15) is 0 Å². The van der Waals surface area contributed by atoms with E-state index in [1.54, 1.807) is 24.3 Å². The minimum Gasteiger partial charge on any atom is -0.289 e. The van der Waals surface area contributed by atoms with E-state index in [9.17, 15) is 9.59 Å². The molecule has 0 amide bonds. The summed E-state index contributed by atoms with van der Waals surface area (Å²) in [7, 11) is 0. The first kappa shape index (κ1) is 13.8. The van der Waals surface area contributed by atoms with Crippen LogP contribution in [0.2, 0.25) is 5.02 Å². The van der Waals surface area contributed by atoms with E-state index in [0.29, 0.717) is 28.1 Å². The van der Waals surface area contributed by atoms with E-state index in [2.05, 4.69) is 0 Å². The summed E-state index contributed by atoms with van der Waals surface area (Å²) in [5.41, 5.74) is 3.40. The van der Waals surface area contributed by atoms with Crippen molar-refractivity contribution in [3.05, 3.63) is 81.4 Å². The molecular weight excluding hydrogens is 284 g/mol. The lowest BCUT2D eigenvalue weighted by Crippen LogP contribution is -2.18. The summed E-state index contributed by atoms with van der Waals surface area (Å²) in [5, 5.41) is 0.670. The molecule has 104 valence electrons. The van der Waals surface area contributed by atoms with Gasteiger partial charge in [-0.15, -0.1) is 0 Å². The Kier molecular flexibility index (Phi) is 3.48. The number of hydrogen-bond donors (Lipinski definition) is 0. The summed E-state index contributed by atoms with van der Waals surface area (Å²) in [4.78, 5) is 24.6. The van der Waals surface area contributed by atoms with Gasteiger partial charge in [-0.1, -0.05) is 48.0 Å². The molecule has 0 bridgehead atoms. The zero-order valence-corrected chi connectivity index (χ0v) is 12.3. The van der Waals surface area contributed by atoms with Crippen LogP contribution in [-0.2, 0) is 6.42 Å². The Morgan fingerprint density at radius 3 is 2.43 bits per heavy atom. The molecule has 0 spiro atoms. The largest absolute Gasteiger partial charge is 0.289 e. The molecule has 0 aromatic heterocycles. The summed E-state index contributed by atoms with van der Waals surface area (Å²) in [6.45, 7) is 1.93. The highest BCUT2D eigenvalue weighted by Crippen LogP contribution is 2.25. The smallest absolute Gasteiger partial charge is 0.190 e. The van der Waals surface area contributed by atoms with Crippen molar-refractivity contribution < 1.29 is 9.59 Å². The number of carbonyl (C=O) groups excluding carboxylic acids is 2. The Balaban J connectivity index is 1.95. The maximum absolute atomic E-state index is 12.5. The van der Waals surface area contributed by atoms with Crippen LogP contribution in [0.1, 0.15) is 31.8 Å². The van der Waals surface area contributed by atoms with E-state index < -0.39 is 0 Å². The van der Waals surface area contributed by atoms with Crippen molar-refractivity contribution in [3.63, 3.8) is 0 Å². The molecule has 0 saturated heterocycles. The van der Waals surface area contributed by atoms with Crippen LogP contribution in [0, 0.1) is 6.92 Å². The molecule has 0 atom stereocenters. The van der Waals surface area contributed by atoms with Crippen LogP contribution in [0.5, 0.6) is 0 Å². The van der Waals surface area contributed by atoms with Gasteiger partial charge in [-0.25, -0.2) is 0 Å².